The van der Waals surface area contributed by atoms with Crippen molar-refractivity contribution in [3.8, 4) is 0 Å². The summed E-state index contributed by atoms with van der Waals surface area (Å²) in [6.07, 6.45) is 9.81. The SMILES string of the molecule is CCCC(N)C(=O)Nc1ccccc1NC12CC3CC(CC(C3)C1)C2.Cl.Cl. The molecule has 4 aliphatic carbocycles. The van der Waals surface area contributed by atoms with Crippen molar-refractivity contribution in [3.05, 3.63) is 24.3 Å². The number of hydrogen-bond acceptors (Lipinski definition) is 3. The standard InChI is InChI=1S/C21H31N3O.2ClH/c1-2-5-17(22)20(25)23-18-6-3-4-7-19(18)24-21-11-14-8-15(12-21)10-16(9-14)13-21;;/h3-4,6-7,14-17,24H,2,5,8-13,22H2,1H3,(H,23,25);2*1H. The lowest BCUT2D eigenvalue weighted by Crippen LogP contribution is -2.54. The first-order valence-electron chi connectivity index (χ1n) is 10.0. The normalized spacial score (nSPS) is 31.4. The van der Waals surface area contributed by atoms with Crippen LogP contribution in [0.15, 0.2) is 24.3 Å². The van der Waals surface area contributed by atoms with Gasteiger partial charge in [-0.15, -0.1) is 24.8 Å². The fourth-order valence-electron chi connectivity index (χ4n) is 5.92. The highest BCUT2D eigenvalue weighted by Gasteiger charge is 2.51. The third-order valence-corrected chi connectivity index (χ3v) is 6.56. The minimum atomic E-state index is -0.433. The average molecular weight is 414 g/mol. The van der Waals surface area contributed by atoms with E-state index in [1.54, 1.807) is 0 Å². The third kappa shape index (κ3) is 4.72. The number of nitrogens with one attached hydrogen (secondary N) is 2. The number of amides is 1. The second-order valence-corrected chi connectivity index (χ2v) is 8.75. The van der Waals surface area contributed by atoms with Crippen LogP contribution in [-0.2, 0) is 4.79 Å². The highest BCUT2D eigenvalue weighted by molar-refractivity contribution is 5.97. The van der Waals surface area contributed by atoms with Gasteiger partial charge in [-0.3, -0.25) is 4.79 Å². The van der Waals surface area contributed by atoms with E-state index in [-0.39, 0.29) is 36.3 Å². The topological polar surface area (TPSA) is 67.2 Å². The van der Waals surface area contributed by atoms with Gasteiger partial charge in [0.1, 0.15) is 0 Å². The van der Waals surface area contributed by atoms with Crippen LogP contribution in [0.3, 0.4) is 0 Å². The van der Waals surface area contributed by atoms with Crippen molar-refractivity contribution in [1.29, 1.82) is 0 Å². The molecule has 4 aliphatic rings. The highest BCUT2D eigenvalue weighted by atomic mass is 35.5. The molecule has 4 bridgehead atoms. The van der Waals surface area contributed by atoms with Gasteiger partial charge < -0.3 is 16.4 Å². The minimum Gasteiger partial charge on any atom is -0.378 e. The summed E-state index contributed by atoms with van der Waals surface area (Å²) < 4.78 is 0. The second kappa shape index (κ2) is 9.02. The van der Waals surface area contributed by atoms with Crippen molar-refractivity contribution in [3.63, 3.8) is 0 Å². The quantitative estimate of drug-likeness (QED) is 0.615. The lowest BCUT2D eigenvalue weighted by atomic mass is 9.53. The lowest BCUT2D eigenvalue weighted by molar-refractivity contribution is -0.117. The van der Waals surface area contributed by atoms with E-state index >= 15 is 0 Å². The summed E-state index contributed by atoms with van der Waals surface area (Å²) in [6.45, 7) is 2.05. The zero-order valence-corrected chi connectivity index (χ0v) is 17.7. The van der Waals surface area contributed by atoms with Crippen LogP contribution in [0, 0.1) is 17.8 Å². The number of carbonyl (C=O) groups is 1. The highest BCUT2D eigenvalue weighted by Crippen LogP contribution is 2.56. The van der Waals surface area contributed by atoms with Gasteiger partial charge in [-0.1, -0.05) is 25.5 Å². The van der Waals surface area contributed by atoms with Crippen LogP contribution >= 0.6 is 24.8 Å². The lowest BCUT2D eigenvalue weighted by Gasteiger charge is -2.57. The van der Waals surface area contributed by atoms with Gasteiger partial charge in [0.05, 0.1) is 17.4 Å². The molecule has 0 aliphatic heterocycles. The first-order valence-corrected chi connectivity index (χ1v) is 10.0. The molecule has 0 heterocycles. The van der Waals surface area contributed by atoms with Gasteiger partial charge in [-0.25, -0.2) is 0 Å². The van der Waals surface area contributed by atoms with Crippen molar-refractivity contribution < 1.29 is 4.79 Å². The summed E-state index contributed by atoms with van der Waals surface area (Å²) in [5.41, 5.74) is 8.15. The number of halogens is 2. The van der Waals surface area contributed by atoms with Crippen molar-refractivity contribution in [2.45, 2.75) is 69.9 Å². The fraction of sp³-hybridized carbons (Fsp3) is 0.667. The van der Waals surface area contributed by atoms with Crippen LogP contribution < -0.4 is 16.4 Å². The summed E-state index contributed by atoms with van der Waals surface area (Å²) >= 11 is 0. The molecule has 1 aromatic rings. The zero-order chi connectivity index (χ0) is 17.4. The maximum absolute atomic E-state index is 12.4. The number of carbonyl (C=O) groups excluding carboxylic acids is 1. The minimum absolute atomic E-state index is 0. The Balaban J connectivity index is 0.00000131. The number of nitrogens with two attached hydrogens (primary N) is 1. The largest absolute Gasteiger partial charge is 0.378 e. The van der Waals surface area contributed by atoms with Gasteiger partial charge in [-0.05, 0) is 74.8 Å². The Morgan fingerprint density at radius 3 is 2.11 bits per heavy atom. The molecule has 1 unspecified atom stereocenters. The van der Waals surface area contributed by atoms with E-state index in [0.717, 1.165) is 42.0 Å². The molecule has 5 rings (SSSR count). The Morgan fingerprint density at radius 2 is 1.59 bits per heavy atom. The molecule has 0 spiro atoms. The summed E-state index contributed by atoms with van der Waals surface area (Å²) in [5.74, 6) is 2.62. The van der Waals surface area contributed by atoms with Crippen LogP contribution in [-0.4, -0.2) is 17.5 Å². The number of rotatable bonds is 6. The van der Waals surface area contributed by atoms with E-state index < -0.39 is 6.04 Å². The number of benzene rings is 1. The molecule has 4 fully saturated rings. The molecule has 6 heteroatoms. The molecule has 0 aromatic heterocycles. The van der Waals surface area contributed by atoms with Gasteiger partial charge in [-0.2, -0.15) is 0 Å². The summed E-state index contributed by atoms with van der Waals surface area (Å²) in [6, 6.07) is 7.67. The molecule has 27 heavy (non-hydrogen) atoms. The molecule has 1 atom stereocenters. The van der Waals surface area contributed by atoms with E-state index in [2.05, 4.69) is 23.6 Å². The van der Waals surface area contributed by atoms with Gasteiger partial charge in [0.15, 0.2) is 0 Å². The predicted molar refractivity (Wildman–Crippen MR) is 117 cm³/mol. The Hall–Kier alpha value is -0.970. The second-order valence-electron chi connectivity index (χ2n) is 8.75. The molecule has 1 aromatic carbocycles. The molecule has 0 radical (unpaired) electrons. The van der Waals surface area contributed by atoms with Crippen molar-refractivity contribution in [1.82, 2.24) is 0 Å². The van der Waals surface area contributed by atoms with Crippen LogP contribution in [0.4, 0.5) is 11.4 Å². The molecule has 0 saturated heterocycles. The van der Waals surface area contributed by atoms with E-state index in [1.807, 2.05) is 18.2 Å². The first kappa shape index (κ1) is 22.3. The van der Waals surface area contributed by atoms with Crippen molar-refractivity contribution >= 4 is 42.1 Å². The third-order valence-electron chi connectivity index (χ3n) is 6.56. The Kier molecular flexibility index (Phi) is 7.46. The number of para-hydroxylation sites is 2. The van der Waals surface area contributed by atoms with Crippen molar-refractivity contribution in [2.24, 2.45) is 23.5 Å². The van der Waals surface area contributed by atoms with E-state index in [9.17, 15) is 4.79 Å². The van der Waals surface area contributed by atoms with Crippen LogP contribution in [0.1, 0.15) is 58.3 Å². The van der Waals surface area contributed by atoms with E-state index in [4.69, 9.17) is 5.73 Å². The molecule has 4 saturated carbocycles. The maximum atomic E-state index is 12.4. The smallest absolute Gasteiger partial charge is 0.241 e. The molecule has 152 valence electrons. The molecular formula is C21H33Cl2N3O. The van der Waals surface area contributed by atoms with Crippen LogP contribution in [0.5, 0.6) is 0 Å². The molecule has 1 amide bonds. The van der Waals surface area contributed by atoms with E-state index in [1.165, 1.54) is 38.5 Å². The zero-order valence-electron chi connectivity index (χ0n) is 16.1. The number of anilines is 2. The van der Waals surface area contributed by atoms with Gasteiger partial charge >= 0.3 is 0 Å². The maximum Gasteiger partial charge on any atom is 0.241 e. The summed E-state index contributed by atoms with van der Waals surface area (Å²) in [5, 5.41) is 6.93. The Bertz CT molecular complexity index is 617. The Labute approximate surface area is 175 Å². The average Bonchev–Trinajstić information content (AvgIpc) is 2.55. The van der Waals surface area contributed by atoms with E-state index in [0.29, 0.717) is 0 Å². The summed E-state index contributed by atoms with van der Waals surface area (Å²) in [7, 11) is 0. The van der Waals surface area contributed by atoms with Gasteiger partial charge in [0.2, 0.25) is 5.91 Å². The van der Waals surface area contributed by atoms with Gasteiger partial charge in [0, 0.05) is 5.54 Å². The van der Waals surface area contributed by atoms with Crippen LogP contribution in [0.25, 0.3) is 0 Å². The van der Waals surface area contributed by atoms with Gasteiger partial charge in [0.25, 0.3) is 0 Å². The predicted octanol–water partition coefficient (Wildman–Crippen LogP) is 4.98. The molecule has 4 N–H and O–H groups in total. The number of hydrogen-bond donors (Lipinski definition) is 3. The molecular weight excluding hydrogens is 381 g/mol. The van der Waals surface area contributed by atoms with Crippen molar-refractivity contribution in [2.75, 3.05) is 10.6 Å². The Morgan fingerprint density at radius 1 is 1.07 bits per heavy atom. The van der Waals surface area contributed by atoms with Crippen LogP contribution in [0.2, 0.25) is 0 Å². The molecule has 4 nitrogen and oxygen atoms in total. The fourth-order valence-corrected chi connectivity index (χ4v) is 5.92. The monoisotopic (exact) mass is 413 g/mol. The summed E-state index contributed by atoms with van der Waals surface area (Å²) in [4.78, 5) is 12.4. The first-order chi connectivity index (χ1) is 12.1.